The smallest absolute Gasteiger partial charge is 0.257 e. The molecule has 16 heteroatoms. The summed E-state index contributed by atoms with van der Waals surface area (Å²) in [7, 11) is -3.86. The van der Waals surface area contributed by atoms with Gasteiger partial charge in [0.2, 0.25) is 10.0 Å². The Kier molecular flexibility index (Phi) is 10.0. The Bertz CT molecular complexity index is 2020. The quantitative estimate of drug-likeness (QED) is 0.116. The van der Waals surface area contributed by atoms with E-state index in [4.69, 9.17) is 17.3 Å². The minimum atomic E-state index is -3.86. The largest absolute Gasteiger partial charge is 0.772 e. The van der Waals surface area contributed by atoms with Crippen LogP contribution in [0.5, 0.6) is 0 Å². The van der Waals surface area contributed by atoms with Gasteiger partial charge in [0.15, 0.2) is 5.82 Å². The van der Waals surface area contributed by atoms with Gasteiger partial charge in [0.05, 0.1) is 32.9 Å². The Morgan fingerprint density at radius 2 is 1.81 bits per heavy atom. The summed E-state index contributed by atoms with van der Waals surface area (Å²) >= 11 is 4.18. The van der Waals surface area contributed by atoms with E-state index >= 15 is 0 Å². The first-order chi connectivity index (χ1) is 22.0. The summed E-state index contributed by atoms with van der Waals surface area (Å²) in [6, 6.07) is 8.03. The van der Waals surface area contributed by atoms with Crippen molar-refractivity contribution in [1.82, 2.24) is 14.8 Å². The van der Waals surface area contributed by atoms with Crippen molar-refractivity contribution in [2.45, 2.75) is 57.4 Å². The van der Waals surface area contributed by atoms with Crippen molar-refractivity contribution < 1.29 is 34.7 Å². The highest BCUT2D eigenvalue weighted by Gasteiger charge is 2.37. The van der Waals surface area contributed by atoms with E-state index in [0.717, 1.165) is 22.9 Å². The Labute approximate surface area is 276 Å². The van der Waals surface area contributed by atoms with Crippen molar-refractivity contribution in [3.63, 3.8) is 0 Å². The SMILES string of the molecule is CC(C)(C#Cc1ccc(-c2ccc(Cl)c3c(NS(=O)(=O)C4CC4)nn(CC(F)F)c23)c([C@@H](N)Cc2cc(F)cc(F)c2)n1)CS(=O)[O-]. The van der Waals surface area contributed by atoms with E-state index in [1.807, 2.05) is 0 Å². The first-order valence-electron chi connectivity index (χ1n) is 14.3. The molecule has 0 spiro atoms. The van der Waals surface area contributed by atoms with Crippen LogP contribution in [0.3, 0.4) is 0 Å². The molecular weight excluding hydrogens is 682 g/mol. The summed E-state index contributed by atoms with van der Waals surface area (Å²) in [4.78, 5) is 4.63. The summed E-state index contributed by atoms with van der Waals surface area (Å²) < 4.78 is 107. The first-order valence-corrected chi connectivity index (χ1v) is 17.5. The fourth-order valence-electron chi connectivity index (χ4n) is 5.13. The zero-order valence-electron chi connectivity index (χ0n) is 25.1. The third-order valence-corrected chi connectivity index (χ3v) is 10.4. The Hall–Kier alpha value is -3.55. The van der Waals surface area contributed by atoms with Gasteiger partial charge >= 0.3 is 0 Å². The molecule has 0 bridgehead atoms. The molecule has 47 heavy (non-hydrogen) atoms. The fraction of sp³-hybridized carbons (Fsp3) is 0.355. The zero-order valence-corrected chi connectivity index (χ0v) is 27.5. The van der Waals surface area contributed by atoms with Crippen molar-refractivity contribution in [3.05, 3.63) is 76.1 Å². The molecule has 5 rings (SSSR count). The van der Waals surface area contributed by atoms with Gasteiger partial charge in [-0.15, -0.1) is 0 Å². The zero-order chi connectivity index (χ0) is 34.3. The monoisotopic (exact) mass is 710 g/mol. The van der Waals surface area contributed by atoms with Crippen molar-refractivity contribution >= 4 is 49.4 Å². The lowest BCUT2D eigenvalue weighted by atomic mass is 9.94. The van der Waals surface area contributed by atoms with Gasteiger partial charge in [-0.05, 0) is 74.9 Å². The molecule has 250 valence electrons. The first kappa shape index (κ1) is 34.8. The second-order valence-electron chi connectivity index (χ2n) is 11.9. The highest BCUT2D eigenvalue weighted by atomic mass is 35.5. The van der Waals surface area contributed by atoms with E-state index in [1.54, 1.807) is 19.9 Å². The second-order valence-corrected chi connectivity index (χ2v) is 15.2. The minimum Gasteiger partial charge on any atom is -0.772 e. The maximum atomic E-state index is 14.0. The summed E-state index contributed by atoms with van der Waals surface area (Å²) in [5, 5.41) is 3.68. The van der Waals surface area contributed by atoms with Crippen molar-refractivity contribution in [3.8, 4) is 23.0 Å². The van der Waals surface area contributed by atoms with Crippen LogP contribution in [0.4, 0.5) is 23.4 Å². The fourth-order valence-corrected chi connectivity index (χ4v) is 7.37. The lowest BCUT2D eigenvalue weighted by Crippen LogP contribution is -2.18. The number of aromatic nitrogens is 3. The molecule has 2 aromatic heterocycles. The molecule has 0 aliphatic heterocycles. The lowest BCUT2D eigenvalue weighted by molar-refractivity contribution is 0.123. The van der Waals surface area contributed by atoms with Crippen LogP contribution in [0.15, 0.2) is 42.5 Å². The number of fused-ring (bicyclic) bond motifs is 1. The van der Waals surface area contributed by atoms with Crippen LogP contribution in [0, 0.1) is 28.9 Å². The third-order valence-electron chi connectivity index (χ3n) is 7.31. The molecule has 0 amide bonds. The number of benzene rings is 2. The van der Waals surface area contributed by atoms with E-state index < -0.39 is 62.4 Å². The van der Waals surface area contributed by atoms with Gasteiger partial charge in [0, 0.05) is 28.4 Å². The van der Waals surface area contributed by atoms with Crippen molar-refractivity contribution in [1.29, 1.82) is 0 Å². The number of nitrogens with two attached hydrogens (primary N) is 1. The van der Waals surface area contributed by atoms with E-state index in [0.29, 0.717) is 18.4 Å². The number of halogens is 5. The molecule has 9 nitrogen and oxygen atoms in total. The van der Waals surface area contributed by atoms with Crippen molar-refractivity contribution in [2.75, 3.05) is 10.5 Å². The van der Waals surface area contributed by atoms with Gasteiger partial charge in [0.1, 0.15) is 23.9 Å². The average Bonchev–Trinajstić information content (AvgIpc) is 3.76. The number of pyridine rings is 1. The normalized spacial score (nSPS) is 15.0. The molecule has 0 radical (unpaired) electrons. The molecule has 1 aliphatic carbocycles. The molecule has 1 saturated carbocycles. The second kappa shape index (κ2) is 13.5. The summed E-state index contributed by atoms with van der Waals surface area (Å²) in [6.45, 7) is 2.38. The van der Waals surface area contributed by atoms with Gasteiger partial charge in [-0.25, -0.2) is 31.0 Å². The highest BCUT2D eigenvalue weighted by molar-refractivity contribution is 7.93. The molecule has 1 aliphatic rings. The predicted molar refractivity (Wildman–Crippen MR) is 171 cm³/mol. The molecule has 0 saturated heterocycles. The van der Waals surface area contributed by atoms with Gasteiger partial charge in [-0.3, -0.25) is 13.6 Å². The summed E-state index contributed by atoms with van der Waals surface area (Å²) in [6.07, 6.45) is -2.06. The van der Waals surface area contributed by atoms with Crippen LogP contribution < -0.4 is 10.5 Å². The number of anilines is 1. The topological polar surface area (TPSA) is 143 Å². The molecule has 3 N–H and O–H groups in total. The number of hydrogen-bond donors (Lipinski definition) is 2. The lowest BCUT2D eigenvalue weighted by Gasteiger charge is -2.19. The van der Waals surface area contributed by atoms with Crippen LogP contribution in [0.2, 0.25) is 5.02 Å². The minimum absolute atomic E-state index is 0.0484. The molecule has 2 aromatic carbocycles. The number of nitrogens with zero attached hydrogens (tertiary/aromatic N) is 3. The van der Waals surface area contributed by atoms with Crippen LogP contribution >= 0.6 is 11.6 Å². The summed E-state index contributed by atoms with van der Waals surface area (Å²) in [5.41, 5.74) is 6.93. The molecular formula is C31H29ClF4N5O4S2-. The maximum absolute atomic E-state index is 14.0. The maximum Gasteiger partial charge on any atom is 0.257 e. The third kappa shape index (κ3) is 8.31. The van der Waals surface area contributed by atoms with E-state index in [9.17, 15) is 34.7 Å². The number of rotatable bonds is 11. The van der Waals surface area contributed by atoms with Gasteiger partial charge in [-0.2, -0.15) is 5.10 Å². The van der Waals surface area contributed by atoms with Gasteiger partial charge in [0.25, 0.3) is 6.43 Å². The Morgan fingerprint density at radius 3 is 2.43 bits per heavy atom. The Balaban J connectivity index is 1.70. The number of hydrogen-bond acceptors (Lipinski definition) is 7. The van der Waals surface area contributed by atoms with Gasteiger partial charge < -0.3 is 10.3 Å². The van der Waals surface area contributed by atoms with Crippen molar-refractivity contribution in [2.24, 2.45) is 11.1 Å². The predicted octanol–water partition coefficient (Wildman–Crippen LogP) is 5.70. The van der Waals surface area contributed by atoms with E-state index in [-0.39, 0.29) is 56.4 Å². The number of nitrogens with one attached hydrogen (secondary N) is 1. The molecule has 1 fully saturated rings. The Morgan fingerprint density at radius 1 is 1.15 bits per heavy atom. The standard InChI is InChI=1S/C31H30ClF4N5O4S2/c1-31(2,16-46(42)43)10-9-20-3-6-22(28(38-20)25(37)13-17-11-18(33)14-19(34)12-17)23-7-8-24(32)27-29(23)41(15-26(35)36)39-30(27)40-47(44,45)21-4-5-21/h3,6-8,11-12,14,21,25-26H,4-5,13,15-16,37H2,1-2H3,(H,39,40)(H,42,43)/p-1/t25-/m0/s1. The van der Waals surface area contributed by atoms with E-state index in [2.05, 4.69) is 26.6 Å². The molecule has 1 unspecified atom stereocenters. The highest BCUT2D eigenvalue weighted by Crippen LogP contribution is 2.41. The number of alkyl halides is 2. The van der Waals surface area contributed by atoms with Crippen LogP contribution in [-0.2, 0) is 34.1 Å². The number of sulfonamides is 1. The van der Waals surface area contributed by atoms with Crippen LogP contribution in [0.25, 0.3) is 22.0 Å². The summed E-state index contributed by atoms with van der Waals surface area (Å²) in [5.74, 6) is 3.66. The molecule has 2 heterocycles. The van der Waals surface area contributed by atoms with Gasteiger partial charge in [-0.1, -0.05) is 34.7 Å². The van der Waals surface area contributed by atoms with Crippen LogP contribution in [-0.4, -0.2) is 49.4 Å². The average molecular weight is 711 g/mol. The molecule has 2 atom stereocenters. The van der Waals surface area contributed by atoms with E-state index in [1.165, 1.54) is 18.2 Å². The molecule has 4 aromatic rings. The van der Waals surface area contributed by atoms with Crippen LogP contribution in [0.1, 0.15) is 49.7 Å².